The van der Waals surface area contributed by atoms with E-state index in [0.717, 1.165) is 11.4 Å². The van der Waals surface area contributed by atoms with Crippen LogP contribution in [-0.2, 0) is 20.1 Å². The minimum Gasteiger partial charge on any atom is -0.435 e. The molecular formula is C14H18F2N6O. The first kappa shape index (κ1) is 16.7. The van der Waals surface area contributed by atoms with Crippen LogP contribution in [0.25, 0.3) is 0 Å². The van der Waals surface area contributed by atoms with E-state index in [0.29, 0.717) is 19.0 Å². The van der Waals surface area contributed by atoms with E-state index >= 15 is 0 Å². The summed E-state index contributed by atoms with van der Waals surface area (Å²) < 4.78 is 30.4. The Labute approximate surface area is 132 Å². The number of hydrogen-bond acceptors (Lipinski definition) is 4. The van der Waals surface area contributed by atoms with Gasteiger partial charge in [0.2, 0.25) is 0 Å². The summed E-state index contributed by atoms with van der Waals surface area (Å²) in [7, 11) is 3.44. The lowest BCUT2D eigenvalue weighted by Gasteiger charge is -2.12. The number of ether oxygens (including phenoxy) is 1. The molecule has 23 heavy (non-hydrogen) atoms. The Bertz CT molecular complexity index is 658. The summed E-state index contributed by atoms with van der Waals surface area (Å²) in [5.74, 6) is 1.45. The number of nitrogens with zero attached hydrogens (tertiary/aromatic N) is 4. The van der Waals surface area contributed by atoms with Crippen molar-refractivity contribution in [2.24, 2.45) is 12.0 Å². The molecule has 9 heteroatoms. The molecule has 2 aromatic rings. The molecule has 1 aromatic heterocycles. The standard InChI is InChI=1S/C14H18F2N6O/c1-17-14(19-8-12-20-9-21-22(12)2)18-7-10-4-3-5-11(6-10)23-13(15)16/h3-6,9,13H,7-8H2,1-2H3,(H2,17,18,19). The Morgan fingerprint density at radius 3 is 2.78 bits per heavy atom. The predicted octanol–water partition coefficient (Wildman–Crippen LogP) is 1.28. The van der Waals surface area contributed by atoms with Crippen molar-refractivity contribution in [1.82, 2.24) is 25.4 Å². The zero-order chi connectivity index (χ0) is 16.7. The molecule has 0 amide bonds. The van der Waals surface area contributed by atoms with Crippen LogP contribution in [-0.4, -0.2) is 34.4 Å². The number of aliphatic imine (C=N–C) groups is 1. The van der Waals surface area contributed by atoms with Gasteiger partial charge >= 0.3 is 6.61 Å². The van der Waals surface area contributed by atoms with E-state index in [-0.39, 0.29) is 5.75 Å². The molecule has 0 aliphatic rings. The first-order chi connectivity index (χ1) is 11.1. The molecule has 0 saturated heterocycles. The van der Waals surface area contributed by atoms with E-state index in [1.54, 1.807) is 37.0 Å². The average Bonchev–Trinajstić information content (AvgIpc) is 2.92. The highest BCUT2D eigenvalue weighted by Crippen LogP contribution is 2.15. The molecular weight excluding hydrogens is 306 g/mol. The van der Waals surface area contributed by atoms with Crippen molar-refractivity contribution in [2.45, 2.75) is 19.7 Å². The Morgan fingerprint density at radius 1 is 1.35 bits per heavy atom. The minimum absolute atomic E-state index is 0.126. The van der Waals surface area contributed by atoms with E-state index < -0.39 is 6.61 Å². The summed E-state index contributed by atoms with van der Waals surface area (Å²) in [6.45, 7) is -1.96. The molecule has 0 bridgehead atoms. The second-order valence-electron chi connectivity index (χ2n) is 4.61. The van der Waals surface area contributed by atoms with Crippen molar-refractivity contribution in [3.05, 3.63) is 42.0 Å². The lowest BCUT2D eigenvalue weighted by Crippen LogP contribution is -2.36. The number of benzene rings is 1. The van der Waals surface area contributed by atoms with Crippen molar-refractivity contribution >= 4 is 5.96 Å². The van der Waals surface area contributed by atoms with E-state index in [1.165, 1.54) is 12.4 Å². The number of aryl methyl sites for hydroxylation is 1. The van der Waals surface area contributed by atoms with Crippen molar-refractivity contribution < 1.29 is 13.5 Å². The molecule has 0 unspecified atom stereocenters. The lowest BCUT2D eigenvalue weighted by atomic mass is 10.2. The first-order valence-electron chi connectivity index (χ1n) is 6.89. The summed E-state index contributed by atoms with van der Waals surface area (Å²) in [6, 6.07) is 6.50. The zero-order valence-electron chi connectivity index (χ0n) is 12.8. The second-order valence-corrected chi connectivity index (χ2v) is 4.61. The predicted molar refractivity (Wildman–Crippen MR) is 81.1 cm³/mol. The molecule has 124 valence electrons. The number of rotatable bonds is 6. The van der Waals surface area contributed by atoms with Crippen LogP contribution in [0.3, 0.4) is 0 Å². The monoisotopic (exact) mass is 324 g/mol. The molecule has 1 aromatic carbocycles. The molecule has 7 nitrogen and oxygen atoms in total. The maximum absolute atomic E-state index is 12.2. The number of hydrogen-bond donors (Lipinski definition) is 2. The molecule has 0 aliphatic heterocycles. The van der Waals surface area contributed by atoms with Gasteiger partial charge in [-0.25, -0.2) is 4.98 Å². The van der Waals surface area contributed by atoms with Crippen molar-refractivity contribution in [3.63, 3.8) is 0 Å². The quantitative estimate of drug-likeness (QED) is 0.618. The molecule has 0 spiro atoms. The van der Waals surface area contributed by atoms with Gasteiger partial charge in [-0.1, -0.05) is 12.1 Å². The average molecular weight is 324 g/mol. The van der Waals surface area contributed by atoms with Gasteiger partial charge < -0.3 is 15.4 Å². The van der Waals surface area contributed by atoms with E-state index in [2.05, 4.69) is 30.4 Å². The number of halogens is 2. The third-order valence-corrected chi connectivity index (χ3v) is 3.03. The Hall–Kier alpha value is -2.71. The van der Waals surface area contributed by atoms with Gasteiger partial charge in [0.25, 0.3) is 0 Å². The fraction of sp³-hybridized carbons (Fsp3) is 0.357. The van der Waals surface area contributed by atoms with Crippen molar-refractivity contribution in [2.75, 3.05) is 7.05 Å². The highest BCUT2D eigenvalue weighted by molar-refractivity contribution is 5.79. The van der Waals surface area contributed by atoms with Crippen LogP contribution in [0.5, 0.6) is 5.75 Å². The van der Waals surface area contributed by atoms with Crippen LogP contribution in [0, 0.1) is 0 Å². The van der Waals surface area contributed by atoms with E-state index in [4.69, 9.17) is 0 Å². The fourth-order valence-corrected chi connectivity index (χ4v) is 1.88. The SMILES string of the molecule is CN=C(NCc1cccc(OC(F)F)c1)NCc1ncnn1C. The van der Waals surface area contributed by atoms with Crippen LogP contribution in [0.1, 0.15) is 11.4 Å². The van der Waals surface area contributed by atoms with Crippen LogP contribution >= 0.6 is 0 Å². The van der Waals surface area contributed by atoms with Crippen LogP contribution in [0.4, 0.5) is 8.78 Å². The van der Waals surface area contributed by atoms with Crippen LogP contribution in [0.2, 0.25) is 0 Å². The van der Waals surface area contributed by atoms with E-state index in [9.17, 15) is 8.78 Å². The summed E-state index contributed by atoms with van der Waals surface area (Å²) >= 11 is 0. The van der Waals surface area contributed by atoms with E-state index in [1.807, 2.05) is 0 Å². The topological polar surface area (TPSA) is 76.4 Å². The number of nitrogens with one attached hydrogen (secondary N) is 2. The summed E-state index contributed by atoms with van der Waals surface area (Å²) in [5, 5.41) is 10.2. The third-order valence-electron chi connectivity index (χ3n) is 3.03. The fourth-order valence-electron chi connectivity index (χ4n) is 1.88. The zero-order valence-corrected chi connectivity index (χ0v) is 12.8. The maximum Gasteiger partial charge on any atom is 0.387 e. The molecule has 0 atom stereocenters. The number of guanidine groups is 1. The molecule has 2 N–H and O–H groups in total. The Kier molecular flexibility index (Phi) is 5.84. The number of aromatic nitrogens is 3. The molecule has 0 aliphatic carbocycles. The van der Waals surface area contributed by atoms with Gasteiger partial charge in [0, 0.05) is 20.6 Å². The minimum atomic E-state index is -2.83. The van der Waals surface area contributed by atoms with Gasteiger partial charge in [-0.2, -0.15) is 13.9 Å². The molecule has 2 rings (SSSR count). The van der Waals surface area contributed by atoms with Crippen LogP contribution < -0.4 is 15.4 Å². The summed E-state index contributed by atoms with van der Waals surface area (Å²) in [5.41, 5.74) is 0.796. The molecule has 0 fully saturated rings. The lowest BCUT2D eigenvalue weighted by molar-refractivity contribution is -0.0498. The van der Waals surface area contributed by atoms with Crippen molar-refractivity contribution in [1.29, 1.82) is 0 Å². The Balaban J connectivity index is 1.87. The van der Waals surface area contributed by atoms with Crippen LogP contribution in [0.15, 0.2) is 35.6 Å². The maximum atomic E-state index is 12.2. The molecule has 1 heterocycles. The van der Waals surface area contributed by atoms with Gasteiger partial charge in [0.1, 0.15) is 17.9 Å². The van der Waals surface area contributed by atoms with Gasteiger partial charge in [-0.05, 0) is 17.7 Å². The Morgan fingerprint density at radius 2 is 2.13 bits per heavy atom. The smallest absolute Gasteiger partial charge is 0.387 e. The number of alkyl halides is 2. The van der Waals surface area contributed by atoms with Crippen molar-refractivity contribution in [3.8, 4) is 5.75 Å². The highest BCUT2D eigenvalue weighted by Gasteiger charge is 2.06. The largest absolute Gasteiger partial charge is 0.435 e. The second kappa shape index (κ2) is 8.06. The van der Waals surface area contributed by atoms with Gasteiger partial charge in [0.15, 0.2) is 5.96 Å². The van der Waals surface area contributed by atoms with Gasteiger partial charge in [-0.3, -0.25) is 9.67 Å². The summed E-state index contributed by atoms with van der Waals surface area (Å²) in [6.07, 6.45) is 1.47. The first-order valence-corrected chi connectivity index (χ1v) is 6.89. The molecule has 0 radical (unpaired) electrons. The van der Waals surface area contributed by atoms with Gasteiger partial charge in [0.05, 0.1) is 6.54 Å². The normalized spacial score (nSPS) is 11.6. The third kappa shape index (κ3) is 5.20. The molecule has 0 saturated carbocycles. The highest BCUT2D eigenvalue weighted by atomic mass is 19.3. The summed E-state index contributed by atoms with van der Waals surface area (Å²) in [4.78, 5) is 8.19. The van der Waals surface area contributed by atoms with Gasteiger partial charge in [-0.15, -0.1) is 0 Å².